The van der Waals surface area contributed by atoms with Crippen LogP contribution in [-0.4, -0.2) is 110 Å². The number of piperidine rings is 1. The number of ether oxygens (including phenoxy) is 5. The molecule has 11 nitrogen and oxygen atoms in total. The number of likely N-dealkylation sites (tertiary alicyclic amines) is 1. The van der Waals surface area contributed by atoms with E-state index in [1.807, 2.05) is 4.90 Å². The molecule has 13 heteroatoms. The van der Waals surface area contributed by atoms with E-state index < -0.39 is 11.6 Å². The first-order valence-electron chi connectivity index (χ1n) is 18.5. The number of rotatable bonds is 8. The average Bonchev–Trinajstić information content (AvgIpc) is 3.31. The van der Waals surface area contributed by atoms with Crippen molar-refractivity contribution in [2.75, 3.05) is 77.8 Å². The molecule has 3 aliphatic heterocycles. The maximum absolute atomic E-state index is 17.3. The van der Waals surface area contributed by atoms with Gasteiger partial charge in [-0.3, -0.25) is 4.90 Å². The summed E-state index contributed by atoms with van der Waals surface area (Å²) >= 11 is 0. The molecule has 1 N–H and O–H groups in total. The number of terminal acetylenes is 1. The van der Waals surface area contributed by atoms with Crippen LogP contribution in [0.3, 0.4) is 0 Å². The molecule has 8 rings (SSSR count). The van der Waals surface area contributed by atoms with E-state index in [1.54, 1.807) is 0 Å². The fourth-order valence-electron chi connectivity index (χ4n) is 9.16. The van der Waals surface area contributed by atoms with Gasteiger partial charge in [0.25, 0.3) is 0 Å². The van der Waals surface area contributed by atoms with Crippen molar-refractivity contribution in [3.8, 4) is 41.2 Å². The maximum atomic E-state index is 17.3. The summed E-state index contributed by atoms with van der Waals surface area (Å²) in [6.45, 7) is 8.44. The summed E-state index contributed by atoms with van der Waals surface area (Å²) in [5.41, 5.74) is -0.556. The number of pyridine rings is 1. The minimum absolute atomic E-state index is 0.0273. The maximum Gasteiger partial charge on any atom is 0.319 e. The van der Waals surface area contributed by atoms with Crippen molar-refractivity contribution in [1.29, 1.82) is 0 Å². The molecule has 1 saturated carbocycles. The highest BCUT2D eigenvalue weighted by atomic mass is 19.1. The summed E-state index contributed by atoms with van der Waals surface area (Å²) in [6.07, 6.45) is 11.6. The zero-order valence-electron chi connectivity index (χ0n) is 30.3. The van der Waals surface area contributed by atoms with Crippen molar-refractivity contribution in [3.63, 3.8) is 0 Å². The quantitative estimate of drug-likeness (QED) is 0.220. The smallest absolute Gasteiger partial charge is 0.319 e. The number of fused-ring (bicyclic) bond motifs is 3. The molecule has 3 atom stereocenters. The Kier molecular flexibility index (Phi) is 9.74. The van der Waals surface area contributed by atoms with Crippen LogP contribution in [0.2, 0.25) is 0 Å². The Labute approximate surface area is 307 Å². The van der Waals surface area contributed by atoms with Gasteiger partial charge >= 0.3 is 6.01 Å². The number of benzene rings is 2. The third-order valence-corrected chi connectivity index (χ3v) is 11.9. The predicted octanol–water partition coefficient (Wildman–Crippen LogP) is 5.86. The first-order chi connectivity index (χ1) is 25.7. The molecule has 2 aromatic heterocycles. The number of nitrogens with zero attached hydrogens (tertiary/aromatic N) is 5. The molecule has 0 amide bonds. The van der Waals surface area contributed by atoms with E-state index in [0.717, 1.165) is 51.6 Å². The van der Waals surface area contributed by atoms with Crippen LogP contribution in [0, 0.1) is 29.4 Å². The molecular weight excluding hydrogens is 684 g/mol. The van der Waals surface area contributed by atoms with Crippen LogP contribution in [0.5, 0.6) is 17.6 Å². The van der Waals surface area contributed by atoms with Gasteiger partial charge < -0.3 is 33.7 Å². The Morgan fingerprint density at radius 3 is 2.66 bits per heavy atom. The summed E-state index contributed by atoms with van der Waals surface area (Å²) < 4.78 is 62.3. The Balaban J connectivity index is 1.24. The lowest BCUT2D eigenvalue weighted by molar-refractivity contribution is -0.129. The lowest BCUT2D eigenvalue weighted by atomic mass is 9.66. The summed E-state index contributed by atoms with van der Waals surface area (Å²) in [6, 6.07) is 5.51. The molecule has 4 aliphatic rings. The van der Waals surface area contributed by atoms with E-state index >= 15 is 8.78 Å². The zero-order chi connectivity index (χ0) is 36.7. The van der Waals surface area contributed by atoms with Gasteiger partial charge in [0.15, 0.2) is 5.82 Å². The van der Waals surface area contributed by atoms with E-state index in [1.165, 1.54) is 31.4 Å². The van der Waals surface area contributed by atoms with Crippen LogP contribution < -0.4 is 14.4 Å². The van der Waals surface area contributed by atoms with Gasteiger partial charge in [0.05, 0.1) is 51.8 Å². The molecule has 5 heterocycles. The Morgan fingerprint density at radius 2 is 1.85 bits per heavy atom. The molecule has 0 bridgehead atoms. The van der Waals surface area contributed by atoms with Gasteiger partial charge in [0.1, 0.15) is 34.0 Å². The average molecular weight is 730 g/mol. The second-order valence-corrected chi connectivity index (χ2v) is 14.8. The molecule has 0 radical (unpaired) electrons. The number of phenolic OH excluding ortho intramolecular Hbond substituents is 1. The van der Waals surface area contributed by atoms with Crippen molar-refractivity contribution in [1.82, 2.24) is 19.9 Å². The number of methoxy groups -OCH3 is 1. The van der Waals surface area contributed by atoms with E-state index in [-0.39, 0.29) is 67.8 Å². The first-order valence-corrected chi connectivity index (χ1v) is 18.5. The second kappa shape index (κ2) is 14.5. The number of hydrogen-bond donors (Lipinski definition) is 1. The predicted molar refractivity (Wildman–Crippen MR) is 196 cm³/mol. The number of aromatic nitrogens is 3. The zero-order valence-corrected chi connectivity index (χ0v) is 30.3. The largest absolute Gasteiger partial charge is 0.508 e. The SMILES string of the molecule is C#Cc1c(F)ccc2cc(O)cc(-c3nc(OC)c4c(N5CCCOCC5)nc(OCC56CCCN(CC7COCCO7)C5(C)CCC6)nc4c3F)c12. The van der Waals surface area contributed by atoms with Crippen LogP contribution >= 0.6 is 0 Å². The van der Waals surface area contributed by atoms with Crippen LogP contribution in [0.25, 0.3) is 32.9 Å². The number of halogens is 2. The fourth-order valence-corrected chi connectivity index (χ4v) is 9.16. The van der Waals surface area contributed by atoms with Crippen molar-refractivity contribution >= 4 is 27.5 Å². The Hall–Kier alpha value is -4.35. The van der Waals surface area contributed by atoms with Gasteiger partial charge in [-0.2, -0.15) is 9.97 Å². The van der Waals surface area contributed by atoms with Crippen LogP contribution in [-0.2, 0) is 14.2 Å². The molecule has 4 fully saturated rings. The summed E-state index contributed by atoms with van der Waals surface area (Å²) in [4.78, 5) is 18.9. The van der Waals surface area contributed by atoms with E-state index in [9.17, 15) is 5.11 Å². The summed E-state index contributed by atoms with van der Waals surface area (Å²) in [5, 5.41) is 11.7. The topological polar surface area (TPSA) is 112 Å². The van der Waals surface area contributed by atoms with Gasteiger partial charge in [-0.25, -0.2) is 13.8 Å². The normalized spacial score (nSPS) is 25.3. The number of phenols is 1. The van der Waals surface area contributed by atoms with Crippen molar-refractivity contribution < 1.29 is 37.6 Å². The molecule has 53 heavy (non-hydrogen) atoms. The van der Waals surface area contributed by atoms with Crippen LogP contribution in [0.4, 0.5) is 14.6 Å². The molecule has 0 spiro atoms. The molecule has 2 aromatic carbocycles. The first kappa shape index (κ1) is 35.7. The lowest BCUT2D eigenvalue weighted by Crippen LogP contribution is -2.62. The summed E-state index contributed by atoms with van der Waals surface area (Å²) in [7, 11) is 1.44. The molecule has 280 valence electrons. The number of hydrogen-bond acceptors (Lipinski definition) is 11. The molecular formula is C40H45F2N5O6. The Bertz CT molecular complexity index is 2060. The number of aromatic hydroxyl groups is 1. The van der Waals surface area contributed by atoms with E-state index in [0.29, 0.717) is 63.9 Å². The molecule has 3 saturated heterocycles. The lowest BCUT2D eigenvalue weighted by Gasteiger charge is -2.55. The van der Waals surface area contributed by atoms with Crippen molar-refractivity contribution in [2.45, 2.75) is 57.1 Å². The van der Waals surface area contributed by atoms with Crippen molar-refractivity contribution in [3.05, 3.63) is 41.5 Å². The minimum Gasteiger partial charge on any atom is -0.508 e. The number of anilines is 1. The standard InChI is InChI=1S/C40H45F2N5O6/c1-4-28-30(41)9-8-25-20-26(48)21-29(31(25)28)34-33(42)35-32(37(43-34)49-3)36(46-13-7-16-50-17-15-46)45-38(44-35)53-24-40-11-5-10-39(40,2)47(14-6-12-40)22-27-23-51-18-19-52-27/h1,8-9,20-21,27,48H,5-7,10-19,22-24H2,2-3H3. The van der Waals surface area contributed by atoms with E-state index in [4.69, 9.17) is 40.1 Å². The highest BCUT2D eigenvalue weighted by Gasteiger charge is 2.57. The summed E-state index contributed by atoms with van der Waals surface area (Å²) in [5.74, 6) is 1.27. The third kappa shape index (κ3) is 6.29. The van der Waals surface area contributed by atoms with Crippen LogP contribution in [0.1, 0.15) is 51.0 Å². The monoisotopic (exact) mass is 729 g/mol. The highest BCUT2D eigenvalue weighted by molar-refractivity contribution is 6.04. The molecule has 1 aliphatic carbocycles. The van der Waals surface area contributed by atoms with Gasteiger partial charge in [0.2, 0.25) is 5.88 Å². The van der Waals surface area contributed by atoms with Gasteiger partial charge in [-0.1, -0.05) is 18.4 Å². The van der Waals surface area contributed by atoms with Crippen LogP contribution in [0.15, 0.2) is 24.3 Å². The third-order valence-electron chi connectivity index (χ3n) is 11.9. The molecule has 3 unspecified atom stereocenters. The van der Waals surface area contributed by atoms with Gasteiger partial charge in [-0.05, 0) is 69.2 Å². The van der Waals surface area contributed by atoms with Gasteiger partial charge in [0, 0.05) is 48.1 Å². The van der Waals surface area contributed by atoms with Gasteiger partial charge in [-0.15, -0.1) is 6.42 Å². The van der Waals surface area contributed by atoms with Crippen molar-refractivity contribution in [2.24, 2.45) is 5.41 Å². The fraction of sp³-hybridized carbons (Fsp3) is 0.525. The molecule has 4 aromatic rings. The Morgan fingerprint density at radius 1 is 0.981 bits per heavy atom. The minimum atomic E-state index is -0.804. The highest BCUT2D eigenvalue weighted by Crippen LogP contribution is 2.55. The van der Waals surface area contributed by atoms with E-state index in [2.05, 4.69) is 22.7 Å². The second-order valence-electron chi connectivity index (χ2n) is 14.8.